The Kier molecular flexibility index (Phi) is 6.98. The zero-order valence-corrected chi connectivity index (χ0v) is 15.8. The summed E-state index contributed by atoms with van der Waals surface area (Å²) in [4.78, 5) is 35.0. The Morgan fingerprint density at radius 2 is 1.59 bits per heavy atom. The lowest BCUT2D eigenvalue weighted by Crippen LogP contribution is -2.30. The number of carbonyl (C=O) groups is 3. The first-order valence-corrected chi connectivity index (χ1v) is 8.67. The summed E-state index contributed by atoms with van der Waals surface area (Å²) in [5, 5.41) is 7.14. The fraction of sp³-hybridized carbons (Fsp3) is 0.250. The van der Waals surface area contributed by atoms with Crippen molar-refractivity contribution in [2.45, 2.75) is 32.5 Å². The first-order chi connectivity index (χ1) is 13.6. The first-order valence-electron chi connectivity index (χ1n) is 8.67. The van der Waals surface area contributed by atoms with Crippen LogP contribution in [-0.4, -0.2) is 17.7 Å². The third-order valence-corrected chi connectivity index (χ3v) is 3.89. The SMILES string of the molecule is CC(=O)Nc1ccc(NC(=O)CC(NC(C)=O)c2ccccc2)c(C(F)(F)F)c1. The molecule has 154 valence electrons. The summed E-state index contributed by atoms with van der Waals surface area (Å²) < 4.78 is 40.2. The molecular formula is C20H20F3N3O3. The van der Waals surface area contributed by atoms with Crippen molar-refractivity contribution >= 4 is 29.1 Å². The topological polar surface area (TPSA) is 87.3 Å². The van der Waals surface area contributed by atoms with E-state index >= 15 is 0 Å². The Hall–Kier alpha value is -3.36. The number of nitrogens with one attached hydrogen (secondary N) is 3. The predicted molar refractivity (Wildman–Crippen MR) is 102 cm³/mol. The van der Waals surface area contributed by atoms with Crippen LogP contribution >= 0.6 is 0 Å². The number of alkyl halides is 3. The molecule has 0 saturated heterocycles. The first kappa shape index (κ1) is 21.9. The van der Waals surface area contributed by atoms with Crippen LogP contribution in [0.3, 0.4) is 0 Å². The highest BCUT2D eigenvalue weighted by Gasteiger charge is 2.34. The second-order valence-electron chi connectivity index (χ2n) is 6.36. The van der Waals surface area contributed by atoms with Gasteiger partial charge in [0.1, 0.15) is 0 Å². The van der Waals surface area contributed by atoms with E-state index in [2.05, 4.69) is 16.0 Å². The number of hydrogen-bond acceptors (Lipinski definition) is 3. The maximum absolute atomic E-state index is 13.4. The number of benzene rings is 2. The molecule has 2 aromatic rings. The van der Waals surface area contributed by atoms with Gasteiger partial charge in [-0.2, -0.15) is 13.2 Å². The summed E-state index contributed by atoms with van der Waals surface area (Å²) in [7, 11) is 0. The molecule has 0 aliphatic carbocycles. The Balaban J connectivity index is 2.24. The fourth-order valence-electron chi connectivity index (χ4n) is 2.74. The zero-order valence-electron chi connectivity index (χ0n) is 15.8. The number of rotatable bonds is 6. The third kappa shape index (κ3) is 6.63. The van der Waals surface area contributed by atoms with Gasteiger partial charge in [0.25, 0.3) is 0 Å². The van der Waals surface area contributed by atoms with Gasteiger partial charge in [-0.3, -0.25) is 14.4 Å². The summed E-state index contributed by atoms with van der Waals surface area (Å²) in [5.74, 6) is -1.59. The van der Waals surface area contributed by atoms with Crippen LogP contribution in [-0.2, 0) is 20.6 Å². The lowest BCUT2D eigenvalue weighted by molar-refractivity contribution is -0.137. The van der Waals surface area contributed by atoms with Gasteiger partial charge in [-0.05, 0) is 23.8 Å². The zero-order chi connectivity index (χ0) is 21.6. The van der Waals surface area contributed by atoms with E-state index in [1.807, 2.05) is 0 Å². The van der Waals surface area contributed by atoms with E-state index in [9.17, 15) is 27.6 Å². The minimum atomic E-state index is -4.74. The van der Waals surface area contributed by atoms with Crippen molar-refractivity contribution < 1.29 is 27.6 Å². The van der Waals surface area contributed by atoms with E-state index in [0.29, 0.717) is 5.56 Å². The quantitative estimate of drug-likeness (QED) is 0.679. The minimum absolute atomic E-state index is 0.0387. The Bertz CT molecular complexity index is 899. The van der Waals surface area contributed by atoms with Crippen LogP contribution in [0.2, 0.25) is 0 Å². The van der Waals surface area contributed by atoms with Crippen LogP contribution in [0.4, 0.5) is 24.5 Å². The smallest absolute Gasteiger partial charge is 0.349 e. The predicted octanol–water partition coefficient (Wildman–Crippen LogP) is 3.87. The maximum atomic E-state index is 13.4. The van der Waals surface area contributed by atoms with Crippen molar-refractivity contribution in [1.82, 2.24) is 5.32 Å². The molecule has 1 unspecified atom stereocenters. The lowest BCUT2D eigenvalue weighted by Gasteiger charge is -2.19. The highest BCUT2D eigenvalue weighted by atomic mass is 19.4. The molecule has 0 radical (unpaired) electrons. The van der Waals surface area contributed by atoms with Gasteiger partial charge in [0.05, 0.1) is 23.7 Å². The second kappa shape index (κ2) is 9.22. The highest BCUT2D eigenvalue weighted by Crippen LogP contribution is 2.37. The standard InChI is InChI=1S/C20H20F3N3O3/c1-12(27)24-15-8-9-17(16(10-15)20(21,22)23)26-19(29)11-18(25-13(2)28)14-6-4-3-5-7-14/h3-10,18H,11H2,1-2H3,(H,24,27)(H,25,28)(H,26,29). The molecule has 0 bridgehead atoms. The summed E-state index contributed by atoms with van der Waals surface area (Å²) >= 11 is 0. The summed E-state index contributed by atoms with van der Waals surface area (Å²) in [6.45, 7) is 2.46. The molecule has 2 rings (SSSR count). The highest BCUT2D eigenvalue weighted by molar-refractivity contribution is 5.94. The second-order valence-corrected chi connectivity index (χ2v) is 6.36. The van der Waals surface area contributed by atoms with Crippen LogP contribution in [0.25, 0.3) is 0 Å². The Morgan fingerprint density at radius 1 is 0.931 bits per heavy atom. The molecule has 6 nitrogen and oxygen atoms in total. The monoisotopic (exact) mass is 407 g/mol. The van der Waals surface area contributed by atoms with E-state index in [1.165, 1.54) is 19.9 Å². The molecule has 1 atom stereocenters. The Morgan fingerprint density at radius 3 is 2.14 bits per heavy atom. The largest absolute Gasteiger partial charge is 0.418 e. The van der Waals surface area contributed by atoms with Gasteiger partial charge in [-0.15, -0.1) is 0 Å². The normalized spacial score (nSPS) is 12.0. The van der Waals surface area contributed by atoms with Crippen molar-refractivity contribution in [3.05, 3.63) is 59.7 Å². The van der Waals surface area contributed by atoms with E-state index in [0.717, 1.165) is 12.1 Å². The van der Waals surface area contributed by atoms with Crippen molar-refractivity contribution in [3.63, 3.8) is 0 Å². The Labute approximate surface area is 165 Å². The van der Waals surface area contributed by atoms with Crippen LogP contribution in [0.1, 0.15) is 37.4 Å². The lowest BCUT2D eigenvalue weighted by atomic mass is 10.0. The molecule has 0 spiro atoms. The maximum Gasteiger partial charge on any atom is 0.418 e. The van der Waals surface area contributed by atoms with Gasteiger partial charge in [0, 0.05) is 19.5 Å². The van der Waals surface area contributed by atoms with Gasteiger partial charge in [0.15, 0.2) is 0 Å². The molecular weight excluding hydrogens is 387 g/mol. The molecule has 2 aromatic carbocycles. The molecule has 0 aliphatic heterocycles. The molecule has 0 saturated carbocycles. The molecule has 0 aromatic heterocycles. The molecule has 3 amide bonds. The van der Waals surface area contributed by atoms with Gasteiger partial charge < -0.3 is 16.0 Å². The molecule has 0 heterocycles. The fourth-order valence-corrected chi connectivity index (χ4v) is 2.74. The summed E-state index contributed by atoms with van der Waals surface area (Å²) in [6, 6.07) is 11.0. The van der Waals surface area contributed by atoms with E-state index in [-0.39, 0.29) is 18.0 Å². The molecule has 0 aliphatic rings. The minimum Gasteiger partial charge on any atom is -0.349 e. The number of anilines is 2. The average Bonchev–Trinajstić information content (AvgIpc) is 2.61. The molecule has 9 heteroatoms. The van der Waals surface area contributed by atoms with Crippen LogP contribution < -0.4 is 16.0 Å². The van der Waals surface area contributed by atoms with E-state index in [1.54, 1.807) is 30.3 Å². The van der Waals surface area contributed by atoms with Gasteiger partial charge in [-0.25, -0.2) is 0 Å². The van der Waals surface area contributed by atoms with Gasteiger partial charge in [-0.1, -0.05) is 30.3 Å². The van der Waals surface area contributed by atoms with Crippen LogP contribution in [0, 0.1) is 0 Å². The van der Waals surface area contributed by atoms with Crippen molar-refractivity contribution in [3.8, 4) is 0 Å². The number of amides is 3. The number of halogens is 3. The van der Waals surface area contributed by atoms with Crippen molar-refractivity contribution in [2.24, 2.45) is 0 Å². The van der Waals surface area contributed by atoms with Gasteiger partial charge >= 0.3 is 6.18 Å². The molecule has 0 fully saturated rings. The van der Waals surface area contributed by atoms with E-state index in [4.69, 9.17) is 0 Å². The van der Waals surface area contributed by atoms with Gasteiger partial charge in [0.2, 0.25) is 17.7 Å². The van der Waals surface area contributed by atoms with Crippen LogP contribution in [0.5, 0.6) is 0 Å². The summed E-state index contributed by atoms with van der Waals surface area (Å²) in [5.41, 5.74) is -0.919. The molecule has 3 N–H and O–H groups in total. The van der Waals surface area contributed by atoms with Crippen molar-refractivity contribution in [2.75, 3.05) is 10.6 Å². The van der Waals surface area contributed by atoms with Crippen molar-refractivity contribution in [1.29, 1.82) is 0 Å². The number of hydrogen-bond donors (Lipinski definition) is 3. The summed E-state index contributed by atoms with van der Waals surface area (Å²) in [6.07, 6.45) is -5.00. The van der Waals surface area contributed by atoms with Crippen LogP contribution in [0.15, 0.2) is 48.5 Å². The number of carbonyl (C=O) groups excluding carboxylic acids is 3. The average molecular weight is 407 g/mol. The van der Waals surface area contributed by atoms with E-state index < -0.39 is 35.3 Å². The molecule has 29 heavy (non-hydrogen) atoms. The third-order valence-electron chi connectivity index (χ3n) is 3.89.